The fraction of sp³-hybridized carbons (Fsp3) is 0.333. The highest BCUT2D eigenvalue weighted by atomic mass is 16.5. The van der Waals surface area contributed by atoms with Crippen molar-refractivity contribution in [2.45, 2.75) is 25.8 Å². The number of nitrogens with zero attached hydrogens (tertiary/aromatic N) is 2. The summed E-state index contributed by atoms with van der Waals surface area (Å²) in [6, 6.07) is 10.2. The van der Waals surface area contributed by atoms with Gasteiger partial charge in [0.15, 0.2) is 0 Å². The van der Waals surface area contributed by atoms with Gasteiger partial charge < -0.3 is 9.42 Å². The number of hydrogen-bond acceptors (Lipinski definition) is 3. The highest BCUT2D eigenvalue weighted by Gasteiger charge is 2.30. The first kappa shape index (κ1) is 12.0. The Morgan fingerprint density at radius 2 is 2.16 bits per heavy atom. The molecule has 4 heteroatoms. The summed E-state index contributed by atoms with van der Waals surface area (Å²) in [5.74, 6) is 0.503. The topological polar surface area (TPSA) is 46.3 Å². The summed E-state index contributed by atoms with van der Waals surface area (Å²) in [5, 5.41) is 3.85. The van der Waals surface area contributed by atoms with Crippen molar-refractivity contribution in [1.82, 2.24) is 10.1 Å². The Kier molecular flexibility index (Phi) is 3.07. The van der Waals surface area contributed by atoms with Crippen LogP contribution in [0, 0.1) is 6.92 Å². The summed E-state index contributed by atoms with van der Waals surface area (Å²) in [5.41, 5.74) is 3.08. The van der Waals surface area contributed by atoms with Gasteiger partial charge in [0.2, 0.25) is 5.91 Å². The third kappa shape index (κ3) is 2.38. The Bertz CT molecular complexity index is 577. The molecule has 1 unspecified atom stereocenters. The van der Waals surface area contributed by atoms with E-state index in [-0.39, 0.29) is 5.91 Å². The number of benzene rings is 1. The summed E-state index contributed by atoms with van der Waals surface area (Å²) in [7, 11) is 0. The Labute approximate surface area is 112 Å². The zero-order chi connectivity index (χ0) is 13.2. The number of carbonyl (C=O) groups excluding carboxylic acids is 1. The number of amides is 1. The molecule has 0 bridgehead atoms. The molecular weight excluding hydrogens is 240 g/mol. The largest absolute Gasteiger partial charge is 0.364 e. The SMILES string of the molecule is Cc1nocc1CN1CC(c2ccccc2)CC1=O. The van der Waals surface area contributed by atoms with Gasteiger partial charge in [-0.15, -0.1) is 0 Å². The molecule has 0 saturated carbocycles. The minimum atomic E-state index is 0.203. The van der Waals surface area contributed by atoms with Crippen LogP contribution in [-0.4, -0.2) is 22.5 Å². The smallest absolute Gasteiger partial charge is 0.223 e. The molecule has 0 spiro atoms. The minimum absolute atomic E-state index is 0.203. The van der Waals surface area contributed by atoms with Gasteiger partial charge in [0.1, 0.15) is 6.26 Å². The molecule has 1 aliphatic heterocycles. The third-order valence-electron chi connectivity index (χ3n) is 3.70. The summed E-state index contributed by atoms with van der Waals surface area (Å²) >= 11 is 0. The van der Waals surface area contributed by atoms with Crippen LogP contribution in [-0.2, 0) is 11.3 Å². The molecule has 0 aliphatic carbocycles. The summed E-state index contributed by atoms with van der Waals surface area (Å²) < 4.78 is 4.91. The van der Waals surface area contributed by atoms with Crippen molar-refractivity contribution >= 4 is 5.91 Å². The van der Waals surface area contributed by atoms with Gasteiger partial charge in [-0.1, -0.05) is 35.5 Å². The van der Waals surface area contributed by atoms with Gasteiger partial charge in [-0.3, -0.25) is 4.79 Å². The van der Waals surface area contributed by atoms with E-state index in [9.17, 15) is 4.79 Å². The molecule has 19 heavy (non-hydrogen) atoms. The zero-order valence-electron chi connectivity index (χ0n) is 10.9. The van der Waals surface area contributed by atoms with Crippen LogP contribution in [0.15, 0.2) is 41.1 Å². The quantitative estimate of drug-likeness (QED) is 0.847. The maximum Gasteiger partial charge on any atom is 0.223 e. The Morgan fingerprint density at radius 3 is 2.84 bits per heavy atom. The molecule has 1 aromatic heterocycles. The van der Waals surface area contributed by atoms with Crippen LogP contribution in [0.1, 0.15) is 29.2 Å². The molecule has 4 nitrogen and oxygen atoms in total. The Morgan fingerprint density at radius 1 is 1.37 bits per heavy atom. The predicted molar refractivity (Wildman–Crippen MR) is 70.5 cm³/mol. The second kappa shape index (κ2) is 4.88. The predicted octanol–water partition coefficient (Wildman–Crippen LogP) is 2.50. The van der Waals surface area contributed by atoms with Gasteiger partial charge in [-0.25, -0.2) is 0 Å². The van der Waals surface area contributed by atoms with E-state index in [1.807, 2.05) is 30.0 Å². The number of aryl methyl sites for hydroxylation is 1. The van der Waals surface area contributed by atoms with Crippen LogP contribution in [0.4, 0.5) is 0 Å². The molecule has 1 aromatic carbocycles. The summed E-state index contributed by atoms with van der Waals surface area (Å²) in [6.07, 6.45) is 2.22. The fourth-order valence-electron chi connectivity index (χ4n) is 2.54. The van der Waals surface area contributed by atoms with Crippen molar-refractivity contribution in [1.29, 1.82) is 0 Å². The van der Waals surface area contributed by atoms with Crippen molar-refractivity contribution in [3.8, 4) is 0 Å². The first-order valence-corrected chi connectivity index (χ1v) is 6.46. The van der Waals surface area contributed by atoms with E-state index in [4.69, 9.17) is 4.52 Å². The average Bonchev–Trinajstić information content (AvgIpc) is 2.99. The van der Waals surface area contributed by atoms with Crippen molar-refractivity contribution in [2.75, 3.05) is 6.54 Å². The molecule has 0 radical (unpaired) electrons. The maximum atomic E-state index is 12.1. The molecule has 1 amide bonds. The van der Waals surface area contributed by atoms with Gasteiger partial charge in [-0.2, -0.15) is 0 Å². The van der Waals surface area contributed by atoms with Crippen LogP contribution in [0.2, 0.25) is 0 Å². The second-order valence-corrected chi connectivity index (χ2v) is 5.01. The van der Waals surface area contributed by atoms with Crippen molar-refractivity contribution in [2.24, 2.45) is 0 Å². The number of rotatable bonds is 3. The number of aromatic nitrogens is 1. The molecule has 1 saturated heterocycles. The molecule has 1 fully saturated rings. The lowest BCUT2D eigenvalue weighted by atomic mass is 9.99. The second-order valence-electron chi connectivity index (χ2n) is 5.01. The van der Waals surface area contributed by atoms with Crippen molar-refractivity contribution < 1.29 is 9.32 Å². The Balaban J connectivity index is 1.72. The molecule has 0 N–H and O–H groups in total. The fourth-order valence-corrected chi connectivity index (χ4v) is 2.54. The third-order valence-corrected chi connectivity index (χ3v) is 3.70. The van der Waals surface area contributed by atoms with E-state index >= 15 is 0 Å². The lowest BCUT2D eigenvalue weighted by Crippen LogP contribution is -2.24. The van der Waals surface area contributed by atoms with Gasteiger partial charge in [0, 0.05) is 24.4 Å². The molecule has 98 valence electrons. The average molecular weight is 256 g/mol. The maximum absolute atomic E-state index is 12.1. The molecule has 2 aromatic rings. The van der Waals surface area contributed by atoms with Crippen LogP contribution in [0.5, 0.6) is 0 Å². The van der Waals surface area contributed by atoms with Gasteiger partial charge >= 0.3 is 0 Å². The van der Waals surface area contributed by atoms with Crippen molar-refractivity contribution in [3.05, 3.63) is 53.4 Å². The van der Waals surface area contributed by atoms with Crippen LogP contribution >= 0.6 is 0 Å². The summed E-state index contributed by atoms with van der Waals surface area (Å²) in [6.45, 7) is 3.26. The lowest BCUT2D eigenvalue weighted by Gasteiger charge is -2.15. The molecule has 3 rings (SSSR count). The standard InChI is InChI=1S/C15H16N2O2/c1-11-14(10-19-16-11)9-17-8-13(7-15(17)18)12-5-3-2-4-6-12/h2-6,10,13H,7-9H2,1H3. The first-order chi connectivity index (χ1) is 9.24. The summed E-state index contributed by atoms with van der Waals surface area (Å²) in [4.78, 5) is 14.0. The van der Waals surface area contributed by atoms with E-state index in [0.717, 1.165) is 17.8 Å². The Hall–Kier alpha value is -2.10. The lowest BCUT2D eigenvalue weighted by molar-refractivity contribution is -0.128. The highest BCUT2D eigenvalue weighted by molar-refractivity contribution is 5.79. The van der Waals surface area contributed by atoms with E-state index in [2.05, 4.69) is 17.3 Å². The van der Waals surface area contributed by atoms with Gasteiger partial charge in [-0.05, 0) is 12.5 Å². The van der Waals surface area contributed by atoms with Gasteiger partial charge in [0.05, 0.1) is 12.2 Å². The van der Waals surface area contributed by atoms with E-state index in [0.29, 0.717) is 18.9 Å². The molecular formula is C15H16N2O2. The normalized spacial score (nSPS) is 19.1. The monoisotopic (exact) mass is 256 g/mol. The van der Waals surface area contributed by atoms with Crippen LogP contribution in [0.3, 0.4) is 0 Å². The first-order valence-electron chi connectivity index (χ1n) is 6.46. The van der Waals surface area contributed by atoms with E-state index in [1.165, 1.54) is 5.56 Å². The molecule has 1 aliphatic rings. The van der Waals surface area contributed by atoms with Crippen LogP contribution < -0.4 is 0 Å². The molecule has 2 heterocycles. The van der Waals surface area contributed by atoms with Gasteiger partial charge in [0.25, 0.3) is 0 Å². The number of hydrogen-bond donors (Lipinski definition) is 0. The van der Waals surface area contributed by atoms with E-state index in [1.54, 1.807) is 6.26 Å². The van der Waals surface area contributed by atoms with Crippen molar-refractivity contribution in [3.63, 3.8) is 0 Å². The van der Waals surface area contributed by atoms with E-state index < -0.39 is 0 Å². The highest BCUT2D eigenvalue weighted by Crippen LogP contribution is 2.29. The zero-order valence-corrected chi connectivity index (χ0v) is 10.9. The molecule has 1 atom stereocenters. The number of likely N-dealkylation sites (tertiary alicyclic amines) is 1. The number of carbonyl (C=O) groups is 1. The van der Waals surface area contributed by atoms with Crippen LogP contribution in [0.25, 0.3) is 0 Å². The minimum Gasteiger partial charge on any atom is -0.364 e.